The van der Waals surface area contributed by atoms with Crippen molar-refractivity contribution >= 4 is 55.3 Å². The Hall–Kier alpha value is -6.70. The number of benzene rings is 8. The van der Waals surface area contributed by atoms with Crippen molar-refractivity contribution in [2.75, 3.05) is 4.90 Å². The van der Waals surface area contributed by atoms with Crippen molar-refractivity contribution in [1.82, 2.24) is 0 Å². The number of fused-ring (bicyclic) bond motifs is 4. The van der Waals surface area contributed by atoms with E-state index >= 15 is 0 Å². The Bertz CT molecular complexity index is 2700. The van der Waals surface area contributed by atoms with E-state index < -0.39 is 0 Å². The van der Waals surface area contributed by atoms with Crippen molar-refractivity contribution in [3.8, 4) is 11.1 Å². The van der Waals surface area contributed by atoms with E-state index in [0.717, 1.165) is 28.2 Å². The van der Waals surface area contributed by atoms with Crippen LogP contribution in [-0.2, 0) is 0 Å². The molecular weight excluding hydrogens is 663 g/mol. The minimum atomic E-state index is 0.111. The third-order valence-electron chi connectivity index (χ3n) is 11.0. The van der Waals surface area contributed by atoms with Crippen LogP contribution >= 0.6 is 0 Å². The molecule has 1 nitrogen and oxygen atoms in total. The zero-order valence-electron chi connectivity index (χ0n) is 31.6. The van der Waals surface area contributed by atoms with Gasteiger partial charge in [-0.05, 0) is 104 Å². The van der Waals surface area contributed by atoms with Gasteiger partial charge >= 0.3 is 0 Å². The molecule has 0 N–H and O–H groups in total. The molecule has 2 unspecified atom stereocenters. The lowest BCUT2D eigenvalue weighted by molar-refractivity contribution is 0.664. The fraction of sp³-hybridized carbons (Fsp3) is 0.0741. The summed E-state index contributed by atoms with van der Waals surface area (Å²) in [4.78, 5) is 2.37. The van der Waals surface area contributed by atoms with Crippen molar-refractivity contribution in [2.24, 2.45) is 5.92 Å². The molecule has 0 aliphatic heterocycles. The Kier molecular flexibility index (Phi) is 10.1. The van der Waals surface area contributed by atoms with Crippen LogP contribution in [0.4, 0.5) is 11.4 Å². The summed E-state index contributed by atoms with van der Waals surface area (Å²) in [5.41, 5.74) is 10.4. The number of allylic oxidation sites excluding steroid dienone is 5. The zero-order chi connectivity index (χ0) is 37.7. The maximum atomic E-state index is 4.59. The van der Waals surface area contributed by atoms with Crippen molar-refractivity contribution in [3.05, 3.63) is 230 Å². The van der Waals surface area contributed by atoms with Gasteiger partial charge in [-0.1, -0.05) is 183 Å². The summed E-state index contributed by atoms with van der Waals surface area (Å²) < 4.78 is 0. The zero-order valence-corrected chi connectivity index (χ0v) is 31.6. The minimum Gasteiger partial charge on any atom is -0.314 e. The summed E-state index contributed by atoms with van der Waals surface area (Å²) in [7, 11) is 0. The average Bonchev–Trinajstić information content (AvgIpc) is 3.24. The first-order valence-corrected chi connectivity index (χ1v) is 19.1. The van der Waals surface area contributed by atoms with Gasteiger partial charge in [0.15, 0.2) is 0 Å². The number of anilines is 2. The molecule has 8 aromatic carbocycles. The summed E-state index contributed by atoms with van der Waals surface area (Å²) in [5, 5.41) is 7.48. The van der Waals surface area contributed by atoms with Crippen molar-refractivity contribution in [3.63, 3.8) is 0 Å². The van der Waals surface area contributed by atoms with Gasteiger partial charge in [0.2, 0.25) is 0 Å². The summed E-state index contributed by atoms with van der Waals surface area (Å²) in [5.74, 6) is 0.371. The second kappa shape index (κ2) is 15.7. The molecule has 0 aliphatic carbocycles. The van der Waals surface area contributed by atoms with Gasteiger partial charge in [0.05, 0.1) is 5.69 Å². The van der Waals surface area contributed by atoms with Gasteiger partial charge in [0.25, 0.3) is 0 Å². The summed E-state index contributed by atoms with van der Waals surface area (Å²) in [6, 6.07) is 63.2. The highest BCUT2D eigenvalue weighted by atomic mass is 15.1. The predicted octanol–water partition coefficient (Wildman–Crippen LogP) is 15.2. The molecule has 0 radical (unpaired) electrons. The molecule has 1 heteroatoms. The van der Waals surface area contributed by atoms with E-state index in [2.05, 4.69) is 226 Å². The monoisotopic (exact) mass is 707 g/mol. The molecule has 0 fully saturated rings. The molecule has 0 aromatic heterocycles. The standard InChI is InChI=1S/C54H45N/c1-5-48(39(3)42-19-8-6-9-20-42)40(4)43-32-34-47(35-33-43)55(54-28-16-26-52-50(25-15-27-53(52)54)44-21-10-7-11-22-44)38(2)17-14-18-41-29-36-51-46(37-41)31-30-45-23-12-13-24-49(45)51/h5-37,39,48H,1,4H2,2-3H3/b18-14+,38-17+. The summed E-state index contributed by atoms with van der Waals surface area (Å²) in [6.07, 6.45) is 8.62. The van der Waals surface area contributed by atoms with Crippen molar-refractivity contribution in [2.45, 2.75) is 19.8 Å². The molecule has 8 rings (SSSR count). The first kappa shape index (κ1) is 35.3. The van der Waals surface area contributed by atoms with Crippen LogP contribution < -0.4 is 4.90 Å². The van der Waals surface area contributed by atoms with Gasteiger partial charge in [-0.15, -0.1) is 6.58 Å². The number of rotatable bonds is 11. The number of nitrogens with zero attached hydrogens (tertiary/aromatic N) is 1. The molecule has 0 aliphatic rings. The fourth-order valence-electron chi connectivity index (χ4n) is 8.03. The van der Waals surface area contributed by atoms with E-state index in [-0.39, 0.29) is 11.8 Å². The van der Waals surface area contributed by atoms with Crippen LogP contribution in [0.2, 0.25) is 0 Å². The number of hydrogen-bond donors (Lipinski definition) is 0. The Balaban J connectivity index is 1.17. The van der Waals surface area contributed by atoms with Crippen LogP contribution in [0.5, 0.6) is 0 Å². The molecule has 8 aromatic rings. The van der Waals surface area contributed by atoms with Crippen molar-refractivity contribution < 1.29 is 0 Å². The van der Waals surface area contributed by atoms with Gasteiger partial charge in [-0.25, -0.2) is 0 Å². The third-order valence-corrected chi connectivity index (χ3v) is 11.0. The molecule has 266 valence electrons. The smallest absolute Gasteiger partial charge is 0.0536 e. The maximum absolute atomic E-state index is 4.59. The molecule has 0 amide bonds. The molecular formula is C54H45N. The minimum absolute atomic E-state index is 0.111. The van der Waals surface area contributed by atoms with Gasteiger partial charge in [-0.3, -0.25) is 0 Å². The lowest BCUT2D eigenvalue weighted by atomic mass is 9.80. The van der Waals surface area contributed by atoms with Gasteiger partial charge < -0.3 is 4.90 Å². The first-order valence-electron chi connectivity index (χ1n) is 19.1. The molecule has 2 atom stereocenters. The quantitative estimate of drug-likeness (QED) is 0.0735. The molecule has 0 saturated carbocycles. The summed E-state index contributed by atoms with van der Waals surface area (Å²) in [6.45, 7) is 13.3. The summed E-state index contributed by atoms with van der Waals surface area (Å²) >= 11 is 0. The Morgan fingerprint density at radius 2 is 1.25 bits per heavy atom. The Labute approximate surface area is 325 Å². The second-order valence-corrected chi connectivity index (χ2v) is 14.3. The van der Waals surface area contributed by atoms with Gasteiger partial charge in [0, 0.05) is 22.7 Å². The second-order valence-electron chi connectivity index (χ2n) is 14.3. The Morgan fingerprint density at radius 1 is 0.600 bits per heavy atom. The van der Waals surface area contributed by atoms with E-state index in [1.807, 2.05) is 6.08 Å². The molecule has 0 saturated heterocycles. The van der Waals surface area contributed by atoms with Crippen LogP contribution in [0.25, 0.3) is 55.1 Å². The normalized spacial score (nSPS) is 12.9. The average molecular weight is 708 g/mol. The van der Waals surface area contributed by atoms with E-state index in [1.165, 1.54) is 54.6 Å². The van der Waals surface area contributed by atoms with Crippen LogP contribution in [-0.4, -0.2) is 0 Å². The molecule has 0 spiro atoms. The van der Waals surface area contributed by atoms with Crippen molar-refractivity contribution in [1.29, 1.82) is 0 Å². The maximum Gasteiger partial charge on any atom is 0.0536 e. The third kappa shape index (κ3) is 7.18. The fourth-order valence-corrected chi connectivity index (χ4v) is 8.03. The number of hydrogen-bond acceptors (Lipinski definition) is 1. The topological polar surface area (TPSA) is 3.24 Å². The highest BCUT2D eigenvalue weighted by Crippen LogP contribution is 2.41. The lowest BCUT2D eigenvalue weighted by Crippen LogP contribution is -2.15. The predicted molar refractivity (Wildman–Crippen MR) is 240 cm³/mol. The largest absolute Gasteiger partial charge is 0.314 e. The van der Waals surface area contributed by atoms with Gasteiger partial charge in [0.1, 0.15) is 0 Å². The van der Waals surface area contributed by atoms with E-state index in [4.69, 9.17) is 0 Å². The Morgan fingerprint density at radius 3 is 2.04 bits per heavy atom. The first-order chi connectivity index (χ1) is 27.0. The molecule has 0 bridgehead atoms. The van der Waals surface area contributed by atoms with E-state index in [9.17, 15) is 0 Å². The molecule has 0 heterocycles. The highest BCUT2D eigenvalue weighted by molar-refractivity contribution is 6.08. The van der Waals surface area contributed by atoms with Crippen LogP contribution in [0, 0.1) is 5.92 Å². The molecule has 55 heavy (non-hydrogen) atoms. The van der Waals surface area contributed by atoms with E-state index in [1.54, 1.807) is 0 Å². The van der Waals surface area contributed by atoms with Crippen LogP contribution in [0.1, 0.15) is 36.5 Å². The van der Waals surface area contributed by atoms with Crippen LogP contribution in [0.3, 0.4) is 0 Å². The highest BCUT2D eigenvalue weighted by Gasteiger charge is 2.21. The lowest BCUT2D eigenvalue weighted by Gasteiger charge is -2.28. The van der Waals surface area contributed by atoms with Crippen LogP contribution in [0.15, 0.2) is 213 Å². The SMILES string of the molecule is C=CC(C(=C)c1ccc(N(/C(C)=C/C=C/c2ccc3c(ccc4ccccc43)c2)c2cccc3c(-c4ccccc4)cccc23)cc1)C(C)c1ccccc1. The van der Waals surface area contributed by atoms with E-state index in [0.29, 0.717) is 0 Å². The van der Waals surface area contributed by atoms with Gasteiger partial charge in [-0.2, -0.15) is 0 Å².